The summed E-state index contributed by atoms with van der Waals surface area (Å²) in [6.45, 7) is 0. The molecule has 0 heterocycles. The number of hydrogen-bond donors (Lipinski definition) is 2. The number of nitrogens with two attached hydrogens (primary N) is 1. The number of hydrogen-bond acceptors (Lipinski definition) is 2. The molecule has 3 N–H and O–H groups in total. The topological polar surface area (TPSA) is 46.2 Å². The van der Waals surface area contributed by atoms with Crippen molar-refractivity contribution in [3.63, 3.8) is 0 Å². The van der Waals surface area contributed by atoms with Crippen LogP contribution in [-0.4, -0.2) is 5.11 Å². The van der Waals surface area contributed by atoms with Gasteiger partial charge in [0, 0.05) is 0 Å². The van der Waals surface area contributed by atoms with E-state index in [-0.39, 0.29) is 36.7 Å². The van der Waals surface area contributed by atoms with Gasteiger partial charge in [0.25, 0.3) is 0 Å². The van der Waals surface area contributed by atoms with Crippen molar-refractivity contribution in [2.24, 2.45) is 0 Å². The summed E-state index contributed by atoms with van der Waals surface area (Å²) in [6, 6.07) is 6.70. The summed E-state index contributed by atoms with van der Waals surface area (Å²) in [4.78, 5) is 0. The fourth-order valence-corrected chi connectivity index (χ4v) is 0.488. The Kier molecular flexibility index (Phi) is 3.70. The van der Waals surface area contributed by atoms with Gasteiger partial charge in [0.2, 0.25) is 0 Å². The normalized spacial score (nSPS) is 8.00. The zero-order valence-electron chi connectivity index (χ0n) is 6.33. The second kappa shape index (κ2) is 3.77. The van der Waals surface area contributed by atoms with E-state index >= 15 is 0 Å². The van der Waals surface area contributed by atoms with Crippen molar-refractivity contribution >= 4 is 5.69 Å². The van der Waals surface area contributed by atoms with Crippen LogP contribution in [0.5, 0.6) is 5.75 Å². The molecule has 2 nitrogen and oxygen atoms in total. The first-order valence-corrected chi connectivity index (χ1v) is 2.34. The minimum absolute atomic E-state index is 0. The number of phenols is 1. The summed E-state index contributed by atoms with van der Waals surface area (Å²) < 4.78 is 0. The Labute approximate surface area is 77.5 Å². The molecular formula is C6H8NNaO. The van der Waals surface area contributed by atoms with E-state index in [1.807, 2.05) is 0 Å². The van der Waals surface area contributed by atoms with Gasteiger partial charge in [-0.3, -0.25) is 0 Å². The van der Waals surface area contributed by atoms with Gasteiger partial charge < -0.3 is 12.3 Å². The summed E-state index contributed by atoms with van der Waals surface area (Å²) in [6.07, 6.45) is 0. The van der Waals surface area contributed by atoms with E-state index in [1.165, 1.54) is 0 Å². The van der Waals surface area contributed by atoms with Gasteiger partial charge in [-0.25, -0.2) is 0 Å². The van der Waals surface area contributed by atoms with Crippen LogP contribution in [0.2, 0.25) is 0 Å². The van der Waals surface area contributed by atoms with Gasteiger partial charge in [-0.05, 0) is 12.1 Å². The van der Waals surface area contributed by atoms with E-state index in [0.29, 0.717) is 5.69 Å². The smallest absolute Gasteiger partial charge is 1.00 e. The number of aromatic hydroxyl groups is 1. The third-order valence-electron chi connectivity index (χ3n) is 0.937. The number of rotatable bonds is 0. The standard InChI is InChI=1S/C6H7NO.Na.H/c7-5-3-1-2-4-6(5)8;;/h1-4,8H,7H2;;/q;+1;-1. The Morgan fingerprint density at radius 1 is 1.33 bits per heavy atom. The summed E-state index contributed by atoms with van der Waals surface area (Å²) in [5, 5.41) is 8.79. The molecule has 3 heteroatoms. The van der Waals surface area contributed by atoms with E-state index < -0.39 is 0 Å². The molecular weight excluding hydrogens is 125 g/mol. The molecule has 1 aromatic rings. The molecule has 1 rings (SSSR count). The van der Waals surface area contributed by atoms with Crippen molar-refractivity contribution in [1.29, 1.82) is 0 Å². The molecule has 0 spiro atoms. The van der Waals surface area contributed by atoms with Crippen molar-refractivity contribution in [1.82, 2.24) is 0 Å². The molecule has 0 radical (unpaired) electrons. The van der Waals surface area contributed by atoms with E-state index in [9.17, 15) is 0 Å². The Balaban J connectivity index is 0. The fourth-order valence-electron chi connectivity index (χ4n) is 0.488. The van der Waals surface area contributed by atoms with Crippen molar-refractivity contribution in [3.8, 4) is 5.75 Å². The molecule has 1 aromatic carbocycles. The Morgan fingerprint density at radius 2 is 1.89 bits per heavy atom. The Bertz CT molecular complexity index is 174. The second-order valence-corrected chi connectivity index (χ2v) is 1.56. The molecule has 0 aliphatic heterocycles. The van der Waals surface area contributed by atoms with Gasteiger partial charge in [0.05, 0.1) is 5.69 Å². The van der Waals surface area contributed by atoms with Gasteiger partial charge >= 0.3 is 29.6 Å². The predicted molar refractivity (Wildman–Crippen MR) is 33.6 cm³/mol. The molecule has 0 bridgehead atoms. The maximum Gasteiger partial charge on any atom is 1.00 e. The van der Waals surface area contributed by atoms with Gasteiger partial charge in [-0.2, -0.15) is 0 Å². The molecule has 0 fully saturated rings. The SMILES string of the molecule is Nc1ccccc1O.[H-].[Na+]. The van der Waals surface area contributed by atoms with Crippen molar-refractivity contribution in [3.05, 3.63) is 24.3 Å². The van der Waals surface area contributed by atoms with Crippen LogP contribution in [0, 0.1) is 0 Å². The van der Waals surface area contributed by atoms with E-state index in [1.54, 1.807) is 24.3 Å². The first-order chi connectivity index (χ1) is 3.80. The summed E-state index contributed by atoms with van der Waals surface area (Å²) in [5.74, 6) is 0.146. The maximum absolute atomic E-state index is 8.79. The largest absolute Gasteiger partial charge is 1.00 e. The third-order valence-corrected chi connectivity index (χ3v) is 0.937. The van der Waals surface area contributed by atoms with Crippen LogP contribution in [0.15, 0.2) is 24.3 Å². The van der Waals surface area contributed by atoms with Gasteiger partial charge in [-0.15, -0.1) is 0 Å². The van der Waals surface area contributed by atoms with E-state index in [0.717, 1.165) is 0 Å². The Morgan fingerprint density at radius 3 is 2.22 bits per heavy atom. The molecule has 9 heavy (non-hydrogen) atoms. The number of para-hydroxylation sites is 2. The molecule has 0 amide bonds. The van der Waals surface area contributed by atoms with Crippen molar-refractivity contribution in [2.45, 2.75) is 0 Å². The molecule has 44 valence electrons. The fraction of sp³-hybridized carbons (Fsp3) is 0. The first-order valence-electron chi connectivity index (χ1n) is 2.34. The average Bonchev–Trinajstić information content (AvgIpc) is 1.77. The van der Waals surface area contributed by atoms with Crippen LogP contribution in [0.3, 0.4) is 0 Å². The molecule has 0 saturated heterocycles. The molecule has 0 aliphatic rings. The molecule has 0 saturated carbocycles. The number of phenolic OH excluding ortho intramolecular Hbond substituents is 1. The predicted octanol–water partition coefficient (Wildman–Crippen LogP) is -1.91. The minimum atomic E-state index is 0. The molecule has 0 aromatic heterocycles. The zero-order chi connectivity index (χ0) is 5.98. The van der Waals surface area contributed by atoms with Crippen LogP contribution in [0.1, 0.15) is 1.43 Å². The molecule has 0 unspecified atom stereocenters. The van der Waals surface area contributed by atoms with Crippen LogP contribution in [0.4, 0.5) is 5.69 Å². The monoisotopic (exact) mass is 133 g/mol. The van der Waals surface area contributed by atoms with Crippen molar-refractivity contribution < 1.29 is 36.1 Å². The minimum Gasteiger partial charge on any atom is -1.00 e. The molecule has 0 atom stereocenters. The summed E-state index contributed by atoms with van der Waals surface area (Å²) in [7, 11) is 0. The van der Waals surface area contributed by atoms with Gasteiger partial charge in [-0.1, -0.05) is 12.1 Å². The van der Waals surface area contributed by atoms with Crippen LogP contribution in [-0.2, 0) is 0 Å². The third kappa shape index (κ3) is 2.26. The number of anilines is 1. The zero-order valence-corrected chi connectivity index (χ0v) is 7.33. The van der Waals surface area contributed by atoms with Gasteiger partial charge in [0.15, 0.2) is 0 Å². The van der Waals surface area contributed by atoms with Crippen LogP contribution >= 0.6 is 0 Å². The summed E-state index contributed by atoms with van der Waals surface area (Å²) >= 11 is 0. The first kappa shape index (κ1) is 8.82. The second-order valence-electron chi connectivity index (χ2n) is 1.56. The number of benzene rings is 1. The van der Waals surface area contributed by atoms with E-state index in [2.05, 4.69) is 0 Å². The maximum atomic E-state index is 8.79. The number of nitrogen functional groups attached to an aromatic ring is 1. The summed E-state index contributed by atoms with van der Waals surface area (Å²) in [5.41, 5.74) is 5.69. The van der Waals surface area contributed by atoms with E-state index in [4.69, 9.17) is 10.8 Å². The van der Waals surface area contributed by atoms with Crippen molar-refractivity contribution in [2.75, 3.05) is 5.73 Å². The quantitative estimate of drug-likeness (QED) is 0.246. The average molecular weight is 133 g/mol. The van der Waals surface area contributed by atoms with Crippen LogP contribution in [0.25, 0.3) is 0 Å². The molecule has 0 aliphatic carbocycles. The Hall–Kier alpha value is -0.180. The van der Waals surface area contributed by atoms with Crippen LogP contribution < -0.4 is 35.3 Å². The van der Waals surface area contributed by atoms with Gasteiger partial charge in [0.1, 0.15) is 5.75 Å².